The van der Waals surface area contributed by atoms with Crippen molar-refractivity contribution in [1.82, 2.24) is 4.98 Å². The number of nitrogens with one attached hydrogen (secondary N) is 2. The van der Waals surface area contributed by atoms with E-state index in [0.717, 1.165) is 27.5 Å². The largest absolute Gasteiger partial charge is 0.497 e. The Morgan fingerprint density at radius 2 is 1.78 bits per heavy atom. The quantitative estimate of drug-likeness (QED) is 0.252. The van der Waals surface area contributed by atoms with Crippen molar-refractivity contribution in [2.75, 3.05) is 17.1 Å². The van der Waals surface area contributed by atoms with Crippen molar-refractivity contribution >= 4 is 49.8 Å². The molecule has 0 saturated carbocycles. The Hall–Kier alpha value is -3.34. The van der Waals surface area contributed by atoms with Crippen LogP contribution >= 0.6 is 23.1 Å². The van der Waals surface area contributed by atoms with Gasteiger partial charge in [0.1, 0.15) is 5.75 Å². The summed E-state index contributed by atoms with van der Waals surface area (Å²) in [5, 5.41) is 4.89. The van der Waals surface area contributed by atoms with E-state index in [4.69, 9.17) is 4.74 Å². The highest BCUT2D eigenvalue weighted by Crippen LogP contribution is 2.29. The summed E-state index contributed by atoms with van der Waals surface area (Å²) >= 11 is 2.73. The molecular formula is C26H25N3O4S3. The number of ether oxygens (including phenoxy) is 1. The van der Waals surface area contributed by atoms with E-state index in [0.29, 0.717) is 10.8 Å². The number of thioether (sulfide) groups is 1. The fourth-order valence-electron chi connectivity index (χ4n) is 3.24. The topological polar surface area (TPSA) is 97.4 Å². The van der Waals surface area contributed by atoms with Gasteiger partial charge in [0, 0.05) is 21.5 Å². The second-order valence-electron chi connectivity index (χ2n) is 7.96. The summed E-state index contributed by atoms with van der Waals surface area (Å²) in [5.41, 5.74) is 3.11. The van der Waals surface area contributed by atoms with E-state index in [1.165, 1.54) is 23.1 Å². The van der Waals surface area contributed by atoms with Crippen molar-refractivity contribution in [3.05, 3.63) is 83.7 Å². The fraction of sp³-hybridized carbons (Fsp3) is 0.154. The third kappa shape index (κ3) is 6.45. The first-order valence-corrected chi connectivity index (χ1v) is 14.2. The number of hydrogen-bond donors (Lipinski definition) is 2. The molecule has 0 aliphatic rings. The number of rotatable bonds is 9. The molecular weight excluding hydrogens is 515 g/mol. The molecule has 1 aromatic heterocycles. The molecule has 186 valence electrons. The van der Waals surface area contributed by atoms with Crippen molar-refractivity contribution in [3.8, 4) is 17.0 Å². The van der Waals surface area contributed by atoms with E-state index in [-0.39, 0.29) is 16.1 Å². The van der Waals surface area contributed by atoms with Gasteiger partial charge in [-0.25, -0.2) is 13.4 Å². The lowest BCUT2D eigenvalue weighted by Crippen LogP contribution is -2.22. The van der Waals surface area contributed by atoms with E-state index in [1.807, 2.05) is 43.5 Å². The van der Waals surface area contributed by atoms with Crippen LogP contribution in [0.3, 0.4) is 0 Å². The smallest absolute Gasteiger partial charge is 0.261 e. The van der Waals surface area contributed by atoms with Crippen molar-refractivity contribution in [3.63, 3.8) is 0 Å². The van der Waals surface area contributed by atoms with Gasteiger partial charge in [0.2, 0.25) is 5.91 Å². The van der Waals surface area contributed by atoms with Crippen LogP contribution in [0.25, 0.3) is 11.3 Å². The van der Waals surface area contributed by atoms with Crippen LogP contribution in [0.1, 0.15) is 12.5 Å². The van der Waals surface area contributed by atoms with Crippen LogP contribution in [0.4, 0.5) is 10.8 Å². The zero-order chi connectivity index (χ0) is 25.7. The molecule has 3 aromatic carbocycles. The molecule has 0 radical (unpaired) electrons. The first kappa shape index (κ1) is 25.7. The Bertz CT molecular complexity index is 1450. The molecule has 0 aliphatic carbocycles. The first-order valence-electron chi connectivity index (χ1n) is 11.0. The van der Waals surface area contributed by atoms with Crippen molar-refractivity contribution in [2.24, 2.45) is 0 Å². The van der Waals surface area contributed by atoms with Crippen LogP contribution in [0.15, 0.2) is 88.0 Å². The summed E-state index contributed by atoms with van der Waals surface area (Å²) in [7, 11) is -2.06. The number of amides is 1. The number of thiazole rings is 1. The molecule has 2 N–H and O–H groups in total. The zero-order valence-electron chi connectivity index (χ0n) is 19.9. The number of hydrogen-bond acceptors (Lipinski definition) is 7. The molecule has 0 bridgehead atoms. The maximum atomic E-state index is 12.7. The molecule has 7 nitrogen and oxygen atoms in total. The van der Waals surface area contributed by atoms with E-state index in [9.17, 15) is 13.2 Å². The number of aryl methyl sites for hydroxylation is 1. The average Bonchev–Trinajstić information content (AvgIpc) is 3.34. The maximum Gasteiger partial charge on any atom is 0.261 e. The van der Waals surface area contributed by atoms with Crippen LogP contribution < -0.4 is 14.8 Å². The summed E-state index contributed by atoms with van der Waals surface area (Å²) < 4.78 is 33.0. The predicted molar refractivity (Wildman–Crippen MR) is 146 cm³/mol. The molecule has 36 heavy (non-hydrogen) atoms. The number of carbonyl (C=O) groups excluding carboxylic acids is 1. The van der Waals surface area contributed by atoms with Gasteiger partial charge in [0.05, 0.1) is 22.9 Å². The molecule has 0 aliphatic heterocycles. The van der Waals surface area contributed by atoms with Gasteiger partial charge >= 0.3 is 0 Å². The van der Waals surface area contributed by atoms with Gasteiger partial charge in [-0.2, -0.15) is 0 Å². The Kier molecular flexibility index (Phi) is 7.97. The third-order valence-electron chi connectivity index (χ3n) is 5.22. The summed E-state index contributed by atoms with van der Waals surface area (Å²) in [6, 6.07) is 21.2. The van der Waals surface area contributed by atoms with Crippen molar-refractivity contribution in [1.29, 1.82) is 0 Å². The Morgan fingerprint density at radius 3 is 2.47 bits per heavy atom. The predicted octanol–water partition coefficient (Wildman–Crippen LogP) is 6.05. The minimum absolute atomic E-state index is 0.171. The molecule has 0 saturated heterocycles. The van der Waals surface area contributed by atoms with Crippen LogP contribution in [0, 0.1) is 6.92 Å². The molecule has 4 rings (SSSR count). The van der Waals surface area contributed by atoms with Gasteiger partial charge < -0.3 is 10.1 Å². The van der Waals surface area contributed by atoms with Gasteiger partial charge in [-0.15, -0.1) is 23.1 Å². The first-order chi connectivity index (χ1) is 17.2. The van der Waals surface area contributed by atoms with E-state index < -0.39 is 10.0 Å². The van der Waals surface area contributed by atoms with Gasteiger partial charge in [0.15, 0.2) is 5.13 Å². The Labute approximate surface area is 219 Å². The number of benzene rings is 3. The number of nitrogens with zero attached hydrogens (tertiary/aromatic N) is 1. The standard InChI is InChI=1S/C26H25N3O4S3/c1-17-7-13-23(14-8-17)36(31,32)29-20-9-11-22(12-10-20)35-18(2)25(30)28-26-27-24(16-34-26)19-5-4-6-21(15-19)33-3/h4-16,18,29H,1-3H3,(H,27,28,30). The number of anilines is 2. The number of methoxy groups -OCH3 is 1. The molecule has 0 fully saturated rings. The van der Waals surface area contributed by atoms with E-state index in [2.05, 4.69) is 15.0 Å². The van der Waals surface area contributed by atoms with Crippen molar-refractivity contribution in [2.45, 2.75) is 28.9 Å². The summed E-state index contributed by atoms with van der Waals surface area (Å²) in [6.45, 7) is 3.71. The highest BCUT2D eigenvalue weighted by Gasteiger charge is 2.18. The highest BCUT2D eigenvalue weighted by atomic mass is 32.2. The fourth-order valence-corrected chi connectivity index (χ4v) is 5.89. The SMILES string of the molecule is COc1cccc(-c2csc(NC(=O)C(C)Sc3ccc(NS(=O)(=O)c4ccc(C)cc4)cc3)n2)c1. The highest BCUT2D eigenvalue weighted by molar-refractivity contribution is 8.00. The molecule has 1 amide bonds. The average molecular weight is 540 g/mol. The van der Waals surface area contributed by atoms with Gasteiger partial charge in [-0.05, 0) is 62.4 Å². The van der Waals surface area contributed by atoms with Crippen LogP contribution in [-0.2, 0) is 14.8 Å². The molecule has 10 heteroatoms. The normalized spacial score (nSPS) is 12.1. The molecule has 4 aromatic rings. The van der Waals surface area contributed by atoms with E-state index in [1.54, 1.807) is 55.6 Å². The van der Waals surface area contributed by atoms with Crippen molar-refractivity contribution < 1.29 is 17.9 Å². The lowest BCUT2D eigenvalue weighted by molar-refractivity contribution is -0.115. The van der Waals surface area contributed by atoms with Gasteiger partial charge in [0.25, 0.3) is 10.0 Å². The lowest BCUT2D eigenvalue weighted by Gasteiger charge is -2.12. The Morgan fingerprint density at radius 1 is 1.06 bits per heavy atom. The summed E-state index contributed by atoms with van der Waals surface area (Å²) in [5.74, 6) is 0.570. The number of carbonyl (C=O) groups is 1. The minimum Gasteiger partial charge on any atom is -0.497 e. The van der Waals surface area contributed by atoms with Crippen LogP contribution in [-0.4, -0.2) is 31.7 Å². The minimum atomic E-state index is -3.67. The lowest BCUT2D eigenvalue weighted by atomic mass is 10.2. The summed E-state index contributed by atoms with van der Waals surface area (Å²) in [4.78, 5) is 18.3. The molecule has 1 heterocycles. The third-order valence-corrected chi connectivity index (χ3v) is 8.49. The second kappa shape index (κ2) is 11.2. The molecule has 1 atom stereocenters. The molecule has 0 spiro atoms. The maximum absolute atomic E-state index is 12.7. The second-order valence-corrected chi connectivity index (χ2v) is 11.9. The Balaban J connectivity index is 1.34. The number of aromatic nitrogens is 1. The molecule has 1 unspecified atom stereocenters. The van der Waals surface area contributed by atoms with Crippen LogP contribution in [0.5, 0.6) is 5.75 Å². The summed E-state index contributed by atoms with van der Waals surface area (Å²) in [6.07, 6.45) is 0. The zero-order valence-corrected chi connectivity index (χ0v) is 22.3. The number of sulfonamides is 1. The van der Waals surface area contributed by atoms with Crippen LogP contribution in [0.2, 0.25) is 0 Å². The van der Waals surface area contributed by atoms with E-state index >= 15 is 0 Å². The van der Waals surface area contributed by atoms with Gasteiger partial charge in [-0.1, -0.05) is 29.8 Å². The van der Waals surface area contributed by atoms with Gasteiger partial charge in [-0.3, -0.25) is 9.52 Å². The monoisotopic (exact) mass is 539 g/mol.